The van der Waals surface area contributed by atoms with Gasteiger partial charge in [0.25, 0.3) is 0 Å². The fourth-order valence-corrected chi connectivity index (χ4v) is 5.25. The smallest absolute Gasteiger partial charge is 0.335 e. The number of esters is 1. The van der Waals surface area contributed by atoms with Gasteiger partial charge >= 0.3 is 5.97 Å². The summed E-state index contributed by atoms with van der Waals surface area (Å²) in [5, 5.41) is 39.7. The molecule has 3 aliphatic rings. The molecule has 0 unspecified atom stereocenters. The zero-order valence-electron chi connectivity index (χ0n) is 17.1. The average Bonchev–Trinajstić information content (AvgIpc) is 3.31. The molecule has 1 aliphatic carbocycles. The van der Waals surface area contributed by atoms with Crippen LogP contribution in [0.4, 0.5) is 0 Å². The first-order chi connectivity index (χ1) is 14.2. The Balaban J connectivity index is 1.63. The summed E-state index contributed by atoms with van der Waals surface area (Å²) in [4.78, 5) is 12.8. The quantitative estimate of drug-likeness (QED) is 0.507. The topological polar surface area (TPSA) is 139 Å². The Kier molecular flexibility index (Phi) is 5.54. The molecule has 2 saturated heterocycles. The van der Waals surface area contributed by atoms with Crippen LogP contribution in [0, 0.1) is 11.3 Å². The summed E-state index contributed by atoms with van der Waals surface area (Å²) in [7, 11) is 0. The Morgan fingerprint density at radius 3 is 2.60 bits per heavy atom. The number of cyclic esters (lactones) is 1. The number of furan rings is 1. The third-order valence-corrected chi connectivity index (χ3v) is 6.64. The number of carbonyl (C=O) groups excluding carboxylic acids is 1. The second-order valence-electron chi connectivity index (χ2n) is 8.75. The van der Waals surface area contributed by atoms with Crippen LogP contribution in [-0.2, 0) is 19.0 Å². The molecule has 0 amide bonds. The number of fused-ring (bicyclic) bond motifs is 1. The summed E-state index contributed by atoms with van der Waals surface area (Å²) in [6.07, 6.45) is -4.19. The van der Waals surface area contributed by atoms with E-state index in [-0.39, 0.29) is 5.92 Å². The van der Waals surface area contributed by atoms with Gasteiger partial charge in [-0.1, -0.05) is 13.8 Å². The van der Waals surface area contributed by atoms with E-state index in [0.717, 1.165) is 5.56 Å². The van der Waals surface area contributed by atoms with E-state index in [9.17, 15) is 25.2 Å². The summed E-state index contributed by atoms with van der Waals surface area (Å²) in [6.45, 7) is 5.20. The van der Waals surface area contributed by atoms with Crippen LogP contribution >= 0.6 is 0 Å². The van der Waals surface area contributed by atoms with Gasteiger partial charge in [-0.15, -0.1) is 0 Å². The molecular formula is C21H28O9. The van der Waals surface area contributed by atoms with E-state index in [1.165, 1.54) is 0 Å². The maximum atomic E-state index is 12.8. The largest absolute Gasteiger partial charge is 0.472 e. The zero-order valence-corrected chi connectivity index (χ0v) is 17.1. The van der Waals surface area contributed by atoms with Gasteiger partial charge in [-0.3, -0.25) is 0 Å². The van der Waals surface area contributed by atoms with Gasteiger partial charge in [0.05, 0.1) is 25.2 Å². The number of hydrogen-bond donors (Lipinski definition) is 4. The number of aliphatic hydroxyl groups is 4. The molecule has 0 aromatic carbocycles. The molecule has 2 fully saturated rings. The van der Waals surface area contributed by atoms with Crippen molar-refractivity contribution in [3.05, 3.63) is 35.3 Å². The first-order valence-electron chi connectivity index (χ1n) is 10.1. The Morgan fingerprint density at radius 1 is 1.23 bits per heavy atom. The molecule has 4 rings (SSSR count). The van der Waals surface area contributed by atoms with Crippen LogP contribution in [0.2, 0.25) is 0 Å². The summed E-state index contributed by atoms with van der Waals surface area (Å²) in [6, 6.07) is 1.78. The predicted octanol–water partition coefficient (Wildman–Crippen LogP) is 0.425. The highest BCUT2D eigenvalue weighted by molar-refractivity contribution is 5.94. The molecule has 0 spiro atoms. The summed E-state index contributed by atoms with van der Waals surface area (Å²) in [5.74, 6) is -0.495. The molecule has 9 nitrogen and oxygen atoms in total. The molecule has 4 N–H and O–H groups in total. The van der Waals surface area contributed by atoms with E-state index in [1.54, 1.807) is 25.5 Å². The van der Waals surface area contributed by atoms with Gasteiger partial charge in [-0.05, 0) is 30.9 Å². The van der Waals surface area contributed by atoms with Crippen molar-refractivity contribution >= 4 is 5.97 Å². The summed E-state index contributed by atoms with van der Waals surface area (Å²) < 4.78 is 22.4. The van der Waals surface area contributed by atoms with Gasteiger partial charge in [0.1, 0.15) is 30.5 Å². The Hall–Kier alpha value is -1.75. The van der Waals surface area contributed by atoms with E-state index in [1.807, 2.05) is 13.8 Å². The first-order valence-corrected chi connectivity index (χ1v) is 10.1. The SMILES string of the molecule is CC1=C2C(=O)O[C@@H](c3ccoc3)[C@@]2(C)C[C@@H](C)[C@H]1O[C@H]1O[C@H](CO)[C@@H](O)[C@@H](O)[C@H]1O. The summed E-state index contributed by atoms with van der Waals surface area (Å²) in [5.41, 5.74) is 1.42. The van der Waals surface area contributed by atoms with E-state index in [4.69, 9.17) is 18.6 Å². The van der Waals surface area contributed by atoms with Crippen LogP contribution in [0.25, 0.3) is 0 Å². The Bertz CT molecular complexity index is 816. The van der Waals surface area contributed by atoms with Crippen LogP contribution < -0.4 is 0 Å². The third-order valence-electron chi connectivity index (χ3n) is 6.64. The highest BCUT2D eigenvalue weighted by Gasteiger charge is 2.57. The van der Waals surface area contributed by atoms with Gasteiger partial charge in [-0.25, -0.2) is 4.79 Å². The normalized spacial score (nSPS) is 44.2. The van der Waals surface area contributed by atoms with Crippen molar-refractivity contribution in [2.24, 2.45) is 11.3 Å². The van der Waals surface area contributed by atoms with Crippen LogP contribution in [0.5, 0.6) is 0 Å². The second-order valence-corrected chi connectivity index (χ2v) is 8.75. The zero-order chi connectivity index (χ0) is 21.8. The van der Waals surface area contributed by atoms with E-state index in [2.05, 4.69) is 0 Å². The van der Waals surface area contributed by atoms with E-state index < -0.39 is 60.9 Å². The number of ether oxygens (including phenoxy) is 3. The van der Waals surface area contributed by atoms with Crippen molar-refractivity contribution in [1.82, 2.24) is 0 Å². The van der Waals surface area contributed by atoms with Crippen molar-refractivity contribution in [2.75, 3.05) is 6.61 Å². The monoisotopic (exact) mass is 424 g/mol. The van der Waals surface area contributed by atoms with Crippen molar-refractivity contribution in [3.8, 4) is 0 Å². The molecule has 1 aromatic rings. The minimum atomic E-state index is -1.53. The molecule has 0 radical (unpaired) electrons. The van der Waals surface area contributed by atoms with Crippen molar-refractivity contribution in [1.29, 1.82) is 0 Å². The van der Waals surface area contributed by atoms with E-state index in [0.29, 0.717) is 17.6 Å². The molecule has 2 aliphatic heterocycles. The minimum absolute atomic E-state index is 0.0741. The Labute approximate surface area is 173 Å². The maximum Gasteiger partial charge on any atom is 0.335 e. The number of aliphatic hydroxyl groups excluding tert-OH is 4. The van der Waals surface area contributed by atoms with Crippen LogP contribution in [-0.4, -0.2) is 69.8 Å². The second kappa shape index (κ2) is 7.74. The third kappa shape index (κ3) is 3.21. The van der Waals surface area contributed by atoms with Gasteiger partial charge in [-0.2, -0.15) is 0 Å². The lowest BCUT2D eigenvalue weighted by molar-refractivity contribution is -0.312. The fourth-order valence-electron chi connectivity index (χ4n) is 5.25. The molecule has 166 valence electrons. The lowest BCUT2D eigenvalue weighted by Gasteiger charge is -2.45. The Morgan fingerprint density at radius 2 is 1.97 bits per heavy atom. The van der Waals surface area contributed by atoms with E-state index >= 15 is 0 Å². The highest BCUT2D eigenvalue weighted by Crippen LogP contribution is 2.57. The van der Waals surface area contributed by atoms with Crippen LogP contribution in [0.3, 0.4) is 0 Å². The average molecular weight is 424 g/mol. The lowest BCUT2D eigenvalue weighted by atomic mass is 9.64. The molecular weight excluding hydrogens is 396 g/mol. The van der Waals surface area contributed by atoms with Gasteiger partial charge < -0.3 is 39.1 Å². The van der Waals surface area contributed by atoms with Gasteiger partial charge in [0.2, 0.25) is 0 Å². The van der Waals surface area contributed by atoms with Crippen molar-refractivity contribution in [3.63, 3.8) is 0 Å². The molecule has 1 aromatic heterocycles. The van der Waals surface area contributed by atoms with Crippen LogP contribution in [0.15, 0.2) is 34.2 Å². The summed E-state index contributed by atoms with van der Waals surface area (Å²) >= 11 is 0. The molecule has 30 heavy (non-hydrogen) atoms. The standard InChI is InChI=1S/C21H28O9/c1-9-6-21(3)13(19(26)30-18(21)11-4-5-27-8-11)10(2)17(9)29-20-16(25)15(24)14(23)12(7-22)28-20/h4-5,8-9,12,14-18,20,22-25H,6-7H2,1-3H3/t9-,12-,14-,15-,16-,17-,18+,20-,21+/m1/s1. The molecule has 3 heterocycles. The van der Waals surface area contributed by atoms with Gasteiger partial charge in [0, 0.05) is 16.6 Å². The number of rotatable bonds is 4. The molecule has 9 atom stereocenters. The highest BCUT2D eigenvalue weighted by atomic mass is 16.7. The predicted molar refractivity (Wildman–Crippen MR) is 101 cm³/mol. The molecule has 0 saturated carbocycles. The van der Waals surface area contributed by atoms with Crippen molar-refractivity contribution in [2.45, 2.75) is 70.1 Å². The van der Waals surface area contributed by atoms with Crippen LogP contribution in [0.1, 0.15) is 38.9 Å². The number of hydrogen-bond acceptors (Lipinski definition) is 9. The number of carbonyl (C=O) groups is 1. The van der Waals surface area contributed by atoms with Gasteiger partial charge in [0.15, 0.2) is 6.29 Å². The lowest BCUT2D eigenvalue weighted by Crippen LogP contribution is -2.60. The van der Waals surface area contributed by atoms with Crippen molar-refractivity contribution < 1.29 is 43.8 Å². The molecule has 0 bridgehead atoms. The minimum Gasteiger partial charge on any atom is -0.472 e. The maximum absolute atomic E-state index is 12.8. The first kappa shape index (κ1) is 21.5. The molecule has 9 heteroatoms. The fraction of sp³-hybridized carbons (Fsp3) is 0.667.